The molecule has 10 heteroatoms. The minimum absolute atomic E-state index is 0.102. The van der Waals surface area contributed by atoms with Crippen molar-refractivity contribution in [2.45, 2.75) is 39.7 Å². The Morgan fingerprint density at radius 1 is 1.05 bits per heavy atom. The molecule has 202 valence electrons. The number of nitrogens with one attached hydrogen (secondary N) is 1. The first-order valence-corrected chi connectivity index (χ1v) is 13.6. The van der Waals surface area contributed by atoms with Gasteiger partial charge in [-0.15, -0.1) is 0 Å². The van der Waals surface area contributed by atoms with Crippen LogP contribution in [0.3, 0.4) is 0 Å². The molecule has 0 aliphatic carbocycles. The minimum atomic E-state index is -0.598. The lowest BCUT2D eigenvalue weighted by atomic mass is 9.98. The average molecular weight is 546 g/mol. The predicted octanol–water partition coefficient (Wildman–Crippen LogP) is 3.96. The summed E-state index contributed by atoms with van der Waals surface area (Å²) in [6, 6.07) is 15.7. The summed E-state index contributed by atoms with van der Waals surface area (Å²) >= 11 is 5.78. The maximum atomic E-state index is 13.9. The molecule has 2 aromatic carbocycles. The number of hydrogen-bond donors (Lipinski definition) is 1. The van der Waals surface area contributed by atoms with Gasteiger partial charge in [-0.2, -0.15) is 0 Å². The van der Waals surface area contributed by atoms with Gasteiger partial charge in [-0.25, -0.2) is 9.78 Å². The number of thiocarbonyl (C=S) groups is 1. The van der Waals surface area contributed by atoms with Gasteiger partial charge in [0, 0.05) is 25.1 Å². The number of ether oxygens (including phenoxy) is 1. The number of rotatable bonds is 8. The van der Waals surface area contributed by atoms with Gasteiger partial charge < -0.3 is 9.64 Å². The van der Waals surface area contributed by atoms with Gasteiger partial charge in [0.2, 0.25) is 0 Å². The number of hydrogen-bond acceptors (Lipinski definition) is 7. The van der Waals surface area contributed by atoms with Crippen LogP contribution in [0.2, 0.25) is 0 Å². The molecule has 1 saturated heterocycles. The van der Waals surface area contributed by atoms with E-state index in [1.54, 1.807) is 4.57 Å². The lowest BCUT2D eigenvalue weighted by molar-refractivity contribution is 0.0692. The summed E-state index contributed by atoms with van der Waals surface area (Å²) in [4.78, 5) is 35.4. The normalized spacial score (nSPS) is 13.5. The quantitative estimate of drug-likeness (QED) is 0.332. The molecule has 0 spiro atoms. The smallest absolute Gasteiger partial charge is 0.378 e. The third-order valence-electron chi connectivity index (χ3n) is 6.92. The van der Waals surface area contributed by atoms with E-state index in [0.29, 0.717) is 54.9 Å². The molecule has 4 aromatic rings. The van der Waals surface area contributed by atoms with Crippen molar-refractivity contribution >= 4 is 17.2 Å². The predicted molar refractivity (Wildman–Crippen MR) is 153 cm³/mol. The van der Waals surface area contributed by atoms with Gasteiger partial charge in [-0.05, 0) is 30.0 Å². The van der Waals surface area contributed by atoms with Crippen molar-refractivity contribution in [1.29, 1.82) is 0 Å². The van der Waals surface area contributed by atoms with Crippen LogP contribution in [0.15, 0.2) is 62.6 Å². The molecule has 1 aliphatic heterocycles. The SMILES string of the molecule is CCCCc1nc(C)c(C(=S)N2CCOCC2)c(=O)n1Cc1ccc(-c2ccccc2-c2noc(=O)[nH]2)cc1. The largest absolute Gasteiger partial charge is 0.439 e. The fourth-order valence-corrected chi connectivity index (χ4v) is 5.25. The topological polar surface area (TPSA) is 106 Å². The molecule has 9 nitrogen and oxygen atoms in total. The molecule has 2 aromatic heterocycles. The molecule has 0 radical (unpaired) electrons. The Morgan fingerprint density at radius 2 is 1.77 bits per heavy atom. The van der Waals surface area contributed by atoms with Gasteiger partial charge in [0.25, 0.3) is 5.56 Å². The number of H-pyrrole nitrogens is 1. The second-order valence-electron chi connectivity index (χ2n) is 9.57. The van der Waals surface area contributed by atoms with Gasteiger partial charge >= 0.3 is 5.76 Å². The van der Waals surface area contributed by atoms with E-state index in [0.717, 1.165) is 47.3 Å². The molecule has 0 atom stereocenters. The second kappa shape index (κ2) is 11.9. The minimum Gasteiger partial charge on any atom is -0.378 e. The van der Waals surface area contributed by atoms with E-state index in [9.17, 15) is 9.59 Å². The molecule has 39 heavy (non-hydrogen) atoms. The lowest BCUT2D eigenvalue weighted by Crippen LogP contribution is -2.44. The van der Waals surface area contributed by atoms with Crippen LogP contribution in [0.25, 0.3) is 22.5 Å². The van der Waals surface area contributed by atoms with E-state index < -0.39 is 5.76 Å². The zero-order valence-electron chi connectivity index (χ0n) is 22.1. The molecule has 3 heterocycles. The van der Waals surface area contributed by atoms with Gasteiger partial charge in [0.15, 0.2) is 5.82 Å². The Hall–Kier alpha value is -3.89. The van der Waals surface area contributed by atoms with Crippen molar-refractivity contribution in [3.8, 4) is 22.5 Å². The molecule has 5 rings (SSSR count). The van der Waals surface area contributed by atoms with Crippen molar-refractivity contribution in [3.05, 3.63) is 92.1 Å². The van der Waals surface area contributed by atoms with Crippen LogP contribution in [0.5, 0.6) is 0 Å². The molecule has 0 saturated carbocycles. The van der Waals surface area contributed by atoms with E-state index in [1.165, 1.54) is 0 Å². The van der Waals surface area contributed by atoms with Gasteiger partial charge in [-0.1, -0.05) is 79.3 Å². The maximum absolute atomic E-state index is 13.9. The zero-order chi connectivity index (χ0) is 27.4. The van der Waals surface area contributed by atoms with Crippen molar-refractivity contribution in [2.24, 2.45) is 0 Å². The van der Waals surface area contributed by atoms with Crippen LogP contribution >= 0.6 is 12.2 Å². The van der Waals surface area contributed by atoms with E-state index in [1.807, 2.05) is 60.4 Å². The van der Waals surface area contributed by atoms with Crippen molar-refractivity contribution < 1.29 is 9.26 Å². The Kier molecular flexibility index (Phi) is 8.13. The third-order valence-corrected chi connectivity index (χ3v) is 7.39. The van der Waals surface area contributed by atoms with Crippen LogP contribution in [0, 0.1) is 6.92 Å². The molecular weight excluding hydrogens is 514 g/mol. The van der Waals surface area contributed by atoms with E-state index in [2.05, 4.69) is 17.1 Å². The number of nitrogens with zero attached hydrogens (tertiary/aromatic N) is 4. The first-order chi connectivity index (χ1) is 19.0. The summed E-state index contributed by atoms with van der Waals surface area (Å²) in [6.07, 6.45) is 2.67. The number of unbranched alkanes of at least 4 members (excludes halogenated alkanes) is 1. The Morgan fingerprint density at radius 3 is 2.44 bits per heavy atom. The molecule has 1 aliphatic rings. The van der Waals surface area contributed by atoms with Crippen molar-refractivity contribution in [2.75, 3.05) is 26.3 Å². The van der Waals surface area contributed by atoms with Gasteiger partial charge in [0.1, 0.15) is 10.8 Å². The van der Waals surface area contributed by atoms with Crippen molar-refractivity contribution in [3.63, 3.8) is 0 Å². The molecular formula is C29H31N5O4S. The van der Waals surface area contributed by atoms with E-state index in [-0.39, 0.29) is 5.56 Å². The monoisotopic (exact) mass is 545 g/mol. The summed E-state index contributed by atoms with van der Waals surface area (Å²) in [7, 11) is 0. The Balaban J connectivity index is 1.48. The summed E-state index contributed by atoms with van der Waals surface area (Å²) in [5, 5.41) is 3.84. The first kappa shape index (κ1) is 26.7. The molecule has 1 N–H and O–H groups in total. The van der Waals surface area contributed by atoms with E-state index >= 15 is 0 Å². The fourth-order valence-electron chi connectivity index (χ4n) is 4.84. The van der Waals surface area contributed by atoms with Crippen molar-refractivity contribution in [1.82, 2.24) is 24.6 Å². The summed E-state index contributed by atoms with van der Waals surface area (Å²) in [6.45, 7) is 6.92. The van der Waals surface area contributed by atoms with Crippen LogP contribution in [-0.4, -0.2) is 55.9 Å². The van der Waals surface area contributed by atoms with Gasteiger partial charge in [0.05, 0.1) is 31.0 Å². The fraction of sp³-hybridized carbons (Fsp3) is 0.345. The molecule has 0 amide bonds. The summed E-state index contributed by atoms with van der Waals surface area (Å²) < 4.78 is 11.9. The van der Waals surface area contributed by atoms with Crippen LogP contribution in [0.1, 0.15) is 42.4 Å². The molecule has 0 bridgehead atoms. The van der Waals surface area contributed by atoms with Crippen LogP contribution < -0.4 is 11.3 Å². The number of aromatic amines is 1. The molecule has 0 unspecified atom stereocenters. The highest BCUT2D eigenvalue weighted by atomic mass is 32.1. The highest BCUT2D eigenvalue weighted by Gasteiger charge is 2.23. The van der Waals surface area contributed by atoms with E-state index in [4.69, 9.17) is 26.5 Å². The highest BCUT2D eigenvalue weighted by molar-refractivity contribution is 7.80. The lowest BCUT2D eigenvalue weighted by Gasteiger charge is -2.29. The molecule has 1 fully saturated rings. The Bertz CT molecular complexity index is 1580. The van der Waals surface area contributed by atoms with Crippen LogP contribution in [0.4, 0.5) is 0 Å². The summed E-state index contributed by atoms with van der Waals surface area (Å²) in [5.74, 6) is 0.553. The third kappa shape index (κ3) is 5.76. The summed E-state index contributed by atoms with van der Waals surface area (Å²) in [5.41, 5.74) is 4.67. The standard InChI is InChI=1S/C29H31N5O4S/c1-3-4-9-24-30-19(2)25(28(39)33-14-16-37-17-15-33)27(35)34(24)18-20-10-12-21(13-11-20)22-7-5-6-8-23(22)26-31-29(36)38-32-26/h5-8,10-13H,3-4,9,14-18H2,1-2H3,(H,31,32,36). The highest BCUT2D eigenvalue weighted by Crippen LogP contribution is 2.30. The zero-order valence-corrected chi connectivity index (χ0v) is 22.9. The number of aryl methyl sites for hydroxylation is 2. The first-order valence-electron chi connectivity index (χ1n) is 13.2. The number of aromatic nitrogens is 4. The second-order valence-corrected chi connectivity index (χ2v) is 9.96. The Labute approximate surface area is 231 Å². The maximum Gasteiger partial charge on any atom is 0.439 e. The number of benzene rings is 2. The average Bonchev–Trinajstić information content (AvgIpc) is 3.40. The van der Waals surface area contributed by atoms with Crippen LogP contribution in [-0.2, 0) is 17.7 Å². The van der Waals surface area contributed by atoms with Gasteiger partial charge in [-0.3, -0.25) is 18.9 Å². The number of morpholine rings is 1.